The number of aromatic nitrogens is 4. The molecule has 1 fully saturated rings. The lowest BCUT2D eigenvalue weighted by molar-refractivity contribution is -0.150. The molecule has 0 aromatic carbocycles. The zero-order valence-corrected chi connectivity index (χ0v) is 13.0. The van der Waals surface area contributed by atoms with Crippen molar-refractivity contribution in [1.29, 1.82) is 0 Å². The third-order valence-corrected chi connectivity index (χ3v) is 4.96. The van der Waals surface area contributed by atoms with Crippen molar-refractivity contribution in [2.24, 2.45) is 0 Å². The Balaban J connectivity index is 2.01. The Morgan fingerprint density at radius 3 is 2.81 bits per heavy atom. The first-order valence-electron chi connectivity index (χ1n) is 7.09. The minimum atomic E-state index is -0.605. The van der Waals surface area contributed by atoms with Crippen molar-refractivity contribution in [2.75, 3.05) is 13.7 Å². The molecule has 0 saturated heterocycles. The molecule has 0 unspecified atom stereocenters. The Kier molecular flexibility index (Phi) is 3.90. The minimum Gasteiger partial charge on any atom is -0.465 e. The summed E-state index contributed by atoms with van der Waals surface area (Å²) in [6.07, 6.45) is 3.61. The maximum absolute atomic E-state index is 12.5. The Bertz CT molecular complexity index is 645. The summed E-state index contributed by atoms with van der Waals surface area (Å²) >= 11 is 1.42. The summed E-state index contributed by atoms with van der Waals surface area (Å²) in [6.45, 7) is 2.56. The van der Waals surface area contributed by atoms with Gasteiger partial charge in [-0.15, -0.1) is 10.2 Å². The van der Waals surface area contributed by atoms with E-state index in [1.165, 1.54) is 11.3 Å². The van der Waals surface area contributed by atoms with Crippen LogP contribution in [0.2, 0.25) is 0 Å². The van der Waals surface area contributed by atoms with Crippen LogP contribution in [0.15, 0.2) is 0 Å². The van der Waals surface area contributed by atoms with E-state index in [1.807, 2.05) is 6.92 Å². The van der Waals surface area contributed by atoms with Gasteiger partial charge in [0.25, 0.3) is 0 Å². The lowest BCUT2D eigenvalue weighted by Gasteiger charge is -2.23. The summed E-state index contributed by atoms with van der Waals surface area (Å²) in [5, 5.41) is 13.5. The quantitative estimate of drug-likeness (QED) is 0.782. The number of fused-ring (bicyclic) bond motifs is 1. The van der Waals surface area contributed by atoms with Gasteiger partial charge in [0.05, 0.1) is 6.61 Å². The first kappa shape index (κ1) is 14.4. The molecule has 7 nitrogen and oxygen atoms in total. The maximum atomic E-state index is 12.5. The van der Waals surface area contributed by atoms with Gasteiger partial charge in [-0.1, -0.05) is 24.2 Å². The second-order valence-electron chi connectivity index (χ2n) is 5.16. The predicted molar refractivity (Wildman–Crippen MR) is 76.2 cm³/mol. The van der Waals surface area contributed by atoms with Crippen LogP contribution in [0.4, 0.5) is 0 Å². The lowest BCUT2D eigenvalue weighted by atomic mass is 9.87. The molecule has 114 valence electrons. The third-order valence-electron chi connectivity index (χ3n) is 3.86. The first-order valence-corrected chi connectivity index (χ1v) is 7.90. The molecule has 8 heteroatoms. The second kappa shape index (κ2) is 5.69. The van der Waals surface area contributed by atoms with Gasteiger partial charge in [0, 0.05) is 7.11 Å². The van der Waals surface area contributed by atoms with Crippen LogP contribution < -0.4 is 0 Å². The summed E-state index contributed by atoms with van der Waals surface area (Å²) in [6, 6.07) is 0. The Morgan fingerprint density at radius 1 is 1.38 bits per heavy atom. The van der Waals surface area contributed by atoms with Crippen molar-refractivity contribution < 1.29 is 14.3 Å². The van der Waals surface area contributed by atoms with Crippen molar-refractivity contribution >= 4 is 22.3 Å². The van der Waals surface area contributed by atoms with Gasteiger partial charge < -0.3 is 9.47 Å². The highest BCUT2D eigenvalue weighted by molar-refractivity contribution is 7.16. The molecular weight excluding hydrogens is 292 g/mol. The molecule has 21 heavy (non-hydrogen) atoms. The SMILES string of the molecule is CCOC(=O)C1(c2nn3c(COC)nnc3s2)CCCC1. The molecule has 2 aromatic heterocycles. The topological polar surface area (TPSA) is 78.6 Å². The molecule has 0 amide bonds. The highest BCUT2D eigenvalue weighted by Gasteiger charge is 2.47. The van der Waals surface area contributed by atoms with Gasteiger partial charge in [0.15, 0.2) is 5.82 Å². The highest BCUT2D eigenvalue weighted by atomic mass is 32.1. The molecule has 0 spiro atoms. The van der Waals surface area contributed by atoms with Crippen LogP contribution in [0, 0.1) is 0 Å². The van der Waals surface area contributed by atoms with Crippen molar-refractivity contribution in [3.05, 3.63) is 10.8 Å². The molecule has 1 aliphatic carbocycles. The molecule has 3 rings (SSSR count). The van der Waals surface area contributed by atoms with Gasteiger partial charge in [-0.05, 0) is 19.8 Å². The van der Waals surface area contributed by atoms with Gasteiger partial charge in [-0.25, -0.2) is 0 Å². The van der Waals surface area contributed by atoms with Crippen LogP contribution in [-0.2, 0) is 26.3 Å². The summed E-state index contributed by atoms with van der Waals surface area (Å²) in [7, 11) is 1.60. The molecule has 0 bridgehead atoms. The van der Waals surface area contributed by atoms with E-state index in [0.29, 0.717) is 24.0 Å². The van der Waals surface area contributed by atoms with Crippen LogP contribution >= 0.6 is 11.3 Å². The number of carbonyl (C=O) groups is 1. The number of ether oxygens (including phenoxy) is 2. The van der Waals surface area contributed by atoms with Crippen LogP contribution in [0.5, 0.6) is 0 Å². The molecule has 1 aliphatic rings. The van der Waals surface area contributed by atoms with E-state index >= 15 is 0 Å². The maximum Gasteiger partial charge on any atom is 0.319 e. The second-order valence-corrected chi connectivity index (χ2v) is 6.12. The monoisotopic (exact) mass is 310 g/mol. The standard InChI is InChI=1S/C13H18N4O3S/c1-3-20-11(18)13(6-4-5-7-13)10-16-17-9(8-19-2)14-15-12(17)21-10/h3-8H2,1-2H3. The van der Waals surface area contributed by atoms with E-state index in [1.54, 1.807) is 11.6 Å². The van der Waals surface area contributed by atoms with Crippen molar-refractivity contribution in [2.45, 2.75) is 44.6 Å². The zero-order valence-electron chi connectivity index (χ0n) is 12.2. The summed E-state index contributed by atoms with van der Waals surface area (Å²) in [5.74, 6) is 0.479. The zero-order chi connectivity index (χ0) is 14.9. The van der Waals surface area contributed by atoms with E-state index in [2.05, 4.69) is 15.3 Å². The average Bonchev–Trinajstić information content (AvgIpc) is 3.15. The number of hydrogen-bond donors (Lipinski definition) is 0. The van der Waals surface area contributed by atoms with Gasteiger partial charge >= 0.3 is 5.97 Å². The van der Waals surface area contributed by atoms with Crippen LogP contribution in [0.3, 0.4) is 0 Å². The average molecular weight is 310 g/mol. The number of methoxy groups -OCH3 is 1. The van der Waals surface area contributed by atoms with Gasteiger partial charge in [-0.3, -0.25) is 4.79 Å². The number of nitrogens with zero attached hydrogens (tertiary/aromatic N) is 4. The first-order chi connectivity index (χ1) is 10.2. The smallest absolute Gasteiger partial charge is 0.319 e. The summed E-state index contributed by atoms with van der Waals surface area (Å²) < 4.78 is 12.1. The molecule has 0 aliphatic heterocycles. The van der Waals surface area contributed by atoms with E-state index in [4.69, 9.17) is 9.47 Å². The number of carbonyl (C=O) groups excluding carboxylic acids is 1. The van der Waals surface area contributed by atoms with Gasteiger partial charge in [0.2, 0.25) is 4.96 Å². The van der Waals surface area contributed by atoms with Crippen LogP contribution in [0.1, 0.15) is 43.4 Å². The van der Waals surface area contributed by atoms with Crippen molar-refractivity contribution in [3.63, 3.8) is 0 Å². The Labute approximate surface area is 126 Å². The molecule has 2 aromatic rings. The fourth-order valence-electron chi connectivity index (χ4n) is 2.82. The Hall–Kier alpha value is -1.54. The van der Waals surface area contributed by atoms with Crippen molar-refractivity contribution in [1.82, 2.24) is 19.8 Å². The lowest BCUT2D eigenvalue weighted by Crippen LogP contribution is -2.34. The Morgan fingerprint density at radius 2 is 2.14 bits per heavy atom. The van der Waals surface area contributed by atoms with E-state index in [9.17, 15) is 4.79 Å². The predicted octanol–water partition coefficient (Wildman–Crippen LogP) is 1.71. The molecular formula is C13H18N4O3S. The van der Waals surface area contributed by atoms with E-state index in [-0.39, 0.29) is 5.97 Å². The summed E-state index contributed by atoms with van der Waals surface area (Å²) in [5.41, 5.74) is -0.605. The molecule has 1 saturated carbocycles. The van der Waals surface area contributed by atoms with Gasteiger partial charge in [-0.2, -0.15) is 9.61 Å². The van der Waals surface area contributed by atoms with E-state index < -0.39 is 5.41 Å². The minimum absolute atomic E-state index is 0.166. The highest BCUT2D eigenvalue weighted by Crippen LogP contribution is 2.43. The molecule has 0 atom stereocenters. The summed E-state index contributed by atoms with van der Waals surface area (Å²) in [4.78, 5) is 13.1. The number of esters is 1. The van der Waals surface area contributed by atoms with Crippen molar-refractivity contribution in [3.8, 4) is 0 Å². The third kappa shape index (κ3) is 2.32. The van der Waals surface area contributed by atoms with Crippen LogP contribution in [0.25, 0.3) is 4.96 Å². The normalized spacial score (nSPS) is 17.4. The van der Waals surface area contributed by atoms with Gasteiger partial charge in [0.1, 0.15) is 17.0 Å². The molecule has 2 heterocycles. The van der Waals surface area contributed by atoms with Crippen LogP contribution in [-0.4, -0.2) is 39.5 Å². The largest absolute Gasteiger partial charge is 0.465 e. The number of hydrogen-bond acceptors (Lipinski definition) is 7. The number of rotatable bonds is 5. The fraction of sp³-hybridized carbons (Fsp3) is 0.692. The molecule has 0 radical (unpaired) electrons. The van der Waals surface area contributed by atoms with E-state index in [0.717, 1.165) is 30.7 Å². The fourth-order valence-corrected chi connectivity index (χ4v) is 3.92. The molecule has 0 N–H and O–H groups in total.